The summed E-state index contributed by atoms with van der Waals surface area (Å²) in [6.07, 6.45) is 1.37. The van der Waals surface area contributed by atoms with Crippen LogP contribution in [0.15, 0.2) is 12.2 Å². The van der Waals surface area contributed by atoms with Gasteiger partial charge < -0.3 is 24.6 Å². The highest BCUT2D eigenvalue weighted by molar-refractivity contribution is 5.89. The lowest BCUT2D eigenvalue weighted by atomic mass is 10.4. The maximum atomic E-state index is 9.55. The first kappa shape index (κ1) is 16.6. The van der Waals surface area contributed by atoms with Gasteiger partial charge in [0.1, 0.15) is 0 Å². The van der Waals surface area contributed by atoms with Gasteiger partial charge in [-0.3, -0.25) is 0 Å². The van der Waals surface area contributed by atoms with E-state index in [1.807, 2.05) is 21.0 Å². The first-order valence-corrected chi connectivity index (χ1v) is 5.37. The lowest BCUT2D eigenvalue weighted by Crippen LogP contribution is -2.27. The van der Waals surface area contributed by atoms with Gasteiger partial charge in [-0.25, -0.2) is 9.59 Å². The van der Waals surface area contributed by atoms with Gasteiger partial charge in [-0.2, -0.15) is 0 Å². The minimum Gasteiger partial charge on any atom is -0.478 e. The van der Waals surface area contributed by atoms with Crippen LogP contribution < -0.4 is 0 Å². The molecule has 0 aromatic heterocycles. The Kier molecular flexibility index (Phi) is 7.93. The molecule has 0 amide bonds. The normalized spacial score (nSPS) is 22.9. The van der Waals surface area contributed by atoms with Crippen molar-refractivity contribution in [3.8, 4) is 0 Å². The number of rotatable bonds is 4. The zero-order valence-electron chi connectivity index (χ0n) is 10.7. The summed E-state index contributed by atoms with van der Waals surface area (Å²) < 4.78 is 10.6. The van der Waals surface area contributed by atoms with E-state index in [9.17, 15) is 9.59 Å². The average Bonchev–Trinajstić information content (AvgIpc) is 2.61. The van der Waals surface area contributed by atoms with Gasteiger partial charge in [0.05, 0.1) is 12.7 Å². The van der Waals surface area contributed by atoms with E-state index >= 15 is 0 Å². The first-order valence-electron chi connectivity index (χ1n) is 5.37. The fourth-order valence-corrected chi connectivity index (χ4v) is 1.24. The van der Waals surface area contributed by atoms with Crippen molar-refractivity contribution in [3.63, 3.8) is 0 Å². The van der Waals surface area contributed by atoms with E-state index < -0.39 is 11.9 Å². The van der Waals surface area contributed by atoms with Crippen LogP contribution in [0.4, 0.5) is 0 Å². The number of aliphatic carboxylic acids is 2. The molecule has 7 heteroatoms. The van der Waals surface area contributed by atoms with Gasteiger partial charge in [0.15, 0.2) is 6.29 Å². The number of likely N-dealkylation sites (N-methyl/N-ethyl adjacent to an activating group) is 1. The molecule has 2 unspecified atom stereocenters. The summed E-state index contributed by atoms with van der Waals surface area (Å²) >= 11 is 0. The van der Waals surface area contributed by atoms with Crippen molar-refractivity contribution in [1.29, 1.82) is 0 Å². The maximum Gasteiger partial charge on any atom is 0.328 e. The maximum absolute atomic E-state index is 9.55. The standard InChI is InChI=1S/C7H15NO2.C4H4O4/c1-6-9-5-7(10-6)4-8(2)3;5-3(6)1-2-4(7)8/h6-7H,4-5H2,1-3H3;1-2H,(H,5,6)(H,7,8)/b;2-1-. The largest absolute Gasteiger partial charge is 0.478 e. The van der Waals surface area contributed by atoms with Crippen LogP contribution in [0.25, 0.3) is 0 Å². The van der Waals surface area contributed by atoms with E-state index in [1.165, 1.54) is 0 Å². The van der Waals surface area contributed by atoms with E-state index in [4.69, 9.17) is 19.7 Å². The molecule has 0 aromatic carbocycles. The molecule has 2 N–H and O–H groups in total. The zero-order chi connectivity index (χ0) is 14.1. The number of nitrogens with zero attached hydrogens (tertiary/aromatic N) is 1. The summed E-state index contributed by atoms with van der Waals surface area (Å²) in [5, 5.41) is 15.6. The van der Waals surface area contributed by atoms with Gasteiger partial charge in [-0.15, -0.1) is 0 Å². The van der Waals surface area contributed by atoms with Crippen LogP contribution in [0.2, 0.25) is 0 Å². The van der Waals surface area contributed by atoms with Crippen LogP contribution in [-0.2, 0) is 19.1 Å². The summed E-state index contributed by atoms with van der Waals surface area (Å²) in [4.78, 5) is 21.2. The molecule has 1 aliphatic rings. The van der Waals surface area contributed by atoms with Gasteiger partial charge in [0.25, 0.3) is 0 Å². The molecule has 0 saturated carbocycles. The fourth-order valence-electron chi connectivity index (χ4n) is 1.24. The van der Waals surface area contributed by atoms with Crippen LogP contribution >= 0.6 is 0 Å². The summed E-state index contributed by atoms with van der Waals surface area (Å²) in [6, 6.07) is 0. The second-order valence-electron chi connectivity index (χ2n) is 3.93. The minimum absolute atomic E-state index is 0.00931. The van der Waals surface area contributed by atoms with E-state index in [0.717, 1.165) is 13.2 Å². The number of ether oxygens (including phenoxy) is 2. The molecule has 7 nitrogen and oxygen atoms in total. The lowest BCUT2D eigenvalue weighted by molar-refractivity contribution is -0.134. The van der Waals surface area contributed by atoms with Crippen molar-refractivity contribution in [2.24, 2.45) is 0 Å². The highest BCUT2D eigenvalue weighted by atomic mass is 16.7. The molecule has 104 valence electrons. The van der Waals surface area contributed by atoms with Crippen molar-refractivity contribution in [3.05, 3.63) is 12.2 Å². The Balaban J connectivity index is 0.000000331. The van der Waals surface area contributed by atoms with Gasteiger partial charge in [0, 0.05) is 18.7 Å². The Hall–Kier alpha value is -1.44. The number of carbonyl (C=O) groups is 2. The van der Waals surface area contributed by atoms with Gasteiger partial charge in [-0.05, 0) is 21.0 Å². The molecule has 0 radical (unpaired) electrons. The Morgan fingerprint density at radius 3 is 2.06 bits per heavy atom. The Morgan fingerprint density at radius 1 is 1.28 bits per heavy atom. The molecule has 2 atom stereocenters. The van der Waals surface area contributed by atoms with Crippen molar-refractivity contribution in [2.45, 2.75) is 19.3 Å². The summed E-state index contributed by atoms with van der Waals surface area (Å²) in [5.41, 5.74) is 0. The third-order valence-corrected chi connectivity index (χ3v) is 1.84. The quantitative estimate of drug-likeness (QED) is 0.689. The monoisotopic (exact) mass is 261 g/mol. The Morgan fingerprint density at radius 2 is 1.78 bits per heavy atom. The van der Waals surface area contributed by atoms with Crippen molar-refractivity contribution in [2.75, 3.05) is 27.2 Å². The molecule has 0 aromatic rings. The average molecular weight is 261 g/mol. The molecule has 1 aliphatic heterocycles. The molecule has 0 spiro atoms. The third-order valence-electron chi connectivity index (χ3n) is 1.84. The van der Waals surface area contributed by atoms with Crippen LogP contribution in [0.5, 0.6) is 0 Å². The zero-order valence-corrected chi connectivity index (χ0v) is 10.7. The lowest BCUT2D eigenvalue weighted by Gasteiger charge is -2.13. The summed E-state index contributed by atoms with van der Waals surface area (Å²) in [5.74, 6) is -2.51. The van der Waals surface area contributed by atoms with Crippen LogP contribution in [0.1, 0.15) is 6.92 Å². The molecule has 1 fully saturated rings. The van der Waals surface area contributed by atoms with E-state index in [2.05, 4.69) is 4.90 Å². The van der Waals surface area contributed by atoms with Crippen LogP contribution in [0.3, 0.4) is 0 Å². The highest BCUT2D eigenvalue weighted by Crippen LogP contribution is 2.10. The molecule has 0 aliphatic carbocycles. The SMILES string of the molecule is CC1OCC(CN(C)C)O1.O=C(O)/C=C\C(=O)O. The van der Waals surface area contributed by atoms with Gasteiger partial charge in [-0.1, -0.05) is 0 Å². The first-order chi connectivity index (χ1) is 8.31. The molecule has 0 bridgehead atoms. The minimum atomic E-state index is -1.26. The van der Waals surface area contributed by atoms with Crippen LogP contribution in [-0.4, -0.2) is 66.7 Å². The second kappa shape index (κ2) is 8.62. The van der Waals surface area contributed by atoms with Gasteiger partial charge in [0.2, 0.25) is 0 Å². The van der Waals surface area contributed by atoms with Crippen molar-refractivity contribution >= 4 is 11.9 Å². The third kappa shape index (κ3) is 9.76. The molecule has 1 saturated heterocycles. The van der Waals surface area contributed by atoms with Crippen molar-refractivity contribution in [1.82, 2.24) is 4.90 Å². The number of hydrogen-bond acceptors (Lipinski definition) is 5. The number of hydrogen-bond donors (Lipinski definition) is 2. The molecular formula is C11H19NO6. The summed E-state index contributed by atoms with van der Waals surface area (Å²) in [7, 11) is 4.07. The van der Waals surface area contributed by atoms with Gasteiger partial charge >= 0.3 is 11.9 Å². The Bertz CT molecular complexity index is 286. The summed E-state index contributed by atoms with van der Waals surface area (Å²) in [6.45, 7) is 3.61. The number of carboxylic acid groups (broad SMARTS) is 2. The van der Waals surface area contributed by atoms with Crippen molar-refractivity contribution < 1.29 is 29.3 Å². The molecule has 1 heterocycles. The number of carboxylic acids is 2. The van der Waals surface area contributed by atoms with E-state index in [-0.39, 0.29) is 12.4 Å². The molecular weight excluding hydrogens is 242 g/mol. The van der Waals surface area contributed by atoms with E-state index in [1.54, 1.807) is 0 Å². The second-order valence-corrected chi connectivity index (χ2v) is 3.93. The highest BCUT2D eigenvalue weighted by Gasteiger charge is 2.22. The predicted octanol–water partition coefficient (Wildman–Crippen LogP) is 0.0212. The molecule has 1 rings (SSSR count). The predicted molar refractivity (Wildman–Crippen MR) is 63.3 cm³/mol. The van der Waals surface area contributed by atoms with E-state index in [0.29, 0.717) is 12.2 Å². The Labute approximate surface area is 106 Å². The fraction of sp³-hybridized carbons (Fsp3) is 0.636. The topological polar surface area (TPSA) is 96.3 Å². The van der Waals surface area contributed by atoms with Crippen LogP contribution in [0, 0.1) is 0 Å². The molecule has 18 heavy (non-hydrogen) atoms. The smallest absolute Gasteiger partial charge is 0.328 e.